The Hall–Kier alpha value is -2.66. The summed E-state index contributed by atoms with van der Waals surface area (Å²) in [6, 6.07) is 10.5. The van der Waals surface area contributed by atoms with Gasteiger partial charge in [-0.25, -0.2) is 16.8 Å². The molecule has 0 aliphatic carbocycles. The number of hydrogen-bond acceptors (Lipinski definition) is 6. The molecule has 1 N–H and O–H groups in total. The van der Waals surface area contributed by atoms with Gasteiger partial charge in [-0.15, -0.1) is 0 Å². The summed E-state index contributed by atoms with van der Waals surface area (Å²) in [6.07, 6.45) is 0.552. The van der Waals surface area contributed by atoms with Crippen LogP contribution in [0.2, 0.25) is 0 Å². The van der Waals surface area contributed by atoms with Gasteiger partial charge >= 0.3 is 0 Å². The number of rotatable bonds is 5. The minimum Gasteiger partial charge on any atom is -0.280 e. The Morgan fingerprint density at radius 3 is 2.15 bits per heavy atom. The van der Waals surface area contributed by atoms with Crippen molar-refractivity contribution < 1.29 is 21.8 Å². The van der Waals surface area contributed by atoms with E-state index in [1.54, 1.807) is 0 Å². The van der Waals surface area contributed by atoms with E-state index < -0.39 is 25.0 Å². The molecule has 1 saturated heterocycles. The second-order valence-electron chi connectivity index (χ2n) is 5.65. The largest absolute Gasteiger partial charge is 0.280 e. The molecule has 1 aliphatic heterocycles. The summed E-state index contributed by atoms with van der Waals surface area (Å²) in [4.78, 5) is 9.90. The fourth-order valence-corrected chi connectivity index (χ4v) is 5.21. The fourth-order valence-electron chi connectivity index (χ4n) is 2.59. The molecule has 0 aromatic heterocycles. The highest BCUT2D eigenvalue weighted by Crippen LogP contribution is 2.26. The number of nitrogens with one attached hydrogen (secondary N) is 1. The zero-order valence-corrected chi connectivity index (χ0v) is 15.0. The standard InChI is InChI=1S/C15H15N3O6S2/c19-18(20)14-6-8-15(9-7-14)26(23,24)16-12-2-4-13(5-3-12)17-10-1-11-25(17,21)22/h2-9,16H,1,10-11H2. The number of nitrogens with zero attached hydrogens (tertiary/aromatic N) is 2. The van der Waals surface area contributed by atoms with Gasteiger partial charge in [-0.1, -0.05) is 0 Å². The van der Waals surface area contributed by atoms with Crippen LogP contribution in [0, 0.1) is 10.1 Å². The average molecular weight is 397 g/mol. The summed E-state index contributed by atoms with van der Waals surface area (Å²) in [5.74, 6) is 0.0987. The smallest absolute Gasteiger partial charge is 0.269 e. The third-order valence-electron chi connectivity index (χ3n) is 3.86. The van der Waals surface area contributed by atoms with Crippen molar-refractivity contribution in [3.8, 4) is 0 Å². The van der Waals surface area contributed by atoms with Crippen molar-refractivity contribution in [2.75, 3.05) is 21.3 Å². The van der Waals surface area contributed by atoms with Crippen LogP contribution >= 0.6 is 0 Å². The van der Waals surface area contributed by atoms with Gasteiger partial charge in [0, 0.05) is 24.4 Å². The molecule has 0 amide bonds. The van der Waals surface area contributed by atoms with E-state index in [1.165, 1.54) is 28.6 Å². The molecule has 1 fully saturated rings. The van der Waals surface area contributed by atoms with Gasteiger partial charge in [0.25, 0.3) is 15.7 Å². The van der Waals surface area contributed by atoms with Gasteiger partial charge in [0.05, 0.1) is 21.3 Å². The minimum absolute atomic E-state index is 0.0987. The summed E-state index contributed by atoms with van der Waals surface area (Å²) in [5, 5.41) is 10.6. The van der Waals surface area contributed by atoms with Gasteiger partial charge < -0.3 is 0 Å². The number of hydrogen-bond donors (Lipinski definition) is 1. The predicted molar refractivity (Wildman–Crippen MR) is 96.1 cm³/mol. The number of nitro groups is 1. The van der Waals surface area contributed by atoms with Crippen molar-refractivity contribution in [2.24, 2.45) is 0 Å². The molecule has 138 valence electrons. The fraction of sp³-hybridized carbons (Fsp3) is 0.200. The summed E-state index contributed by atoms with van der Waals surface area (Å²) >= 11 is 0. The highest BCUT2D eigenvalue weighted by Gasteiger charge is 2.28. The highest BCUT2D eigenvalue weighted by atomic mass is 32.2. The Balaban J connectivity index is 1.79. The molecule has 1 heterocycles. The van der Waals surface area contributed by atoms with Crippen LogP contribution in [0.25, 0.3) is 0 Å². The lowest BCUT2D eigenvalue weighted by atomic mass is 10.3. The van der Waals surface area contributed by atoms with E-state index in [-0.39, 0.29) is 22.0 Å². The van der Waals surface area contributed by atoms with Gasteiger partial charge in [0.1, 0.15) is 0 Å². The maximum Gasteiger partial charge on any atom is 0.269 e. The van der Waals surface area contributed by atoms with Crippen molar-refractivity contribution >= 4 is 37.1 Å². The monoisotopic (exact) mass is 397 g/mol. The lowest BCUT2D eigenvalue weighted by Gasteiger charge is -2.17. The summed E-state index contributed by atoms with van der Waals surface area (Å²) < 4.78 is 52.1. The Morgan fingerprint density at radius 1 is 1.04 bits per heavy atom. The van der Waals surface area contributed by atoms with Crippen LogP contribution in [-0.2, 0) is 20.0 Å². The SMILES string of the molecule is O=[N+]([O-])c1ccc(S(=O)(=O)Nc2ccc(N3CCCS3(=O)=O)cc2)cc1. The van der Waals surface area contributed by atoms with E-state index in [2.05, 4.69) is 4.72 Å². The highest BCUT2D eigenvalue weighted by molar-refractivity contribution is 7.93. The Morgan fingerprint density at radius 2 is 1.65 bits per heavy atom. The van der Waals surface area contributed by atoms with E-state index >= 15 is 0 Å². The first-order valence-corrected chi connectivity index (χ1v) is 10.7. The Bertz CT molecular complexity index is 1030. The summed E-state index contributed by atoms with van der Waals surface area (Å²) in [7, 11) is -7.22. The molecule has 0 bridgehead atoms. The van der Waals surface area contributed by atoms with Gasteiger partial charge in [0.2, 0.25) is 10.0 Å². The quantitative estimate of drug-likeness (QED) is 0.607. The zero-order chi connectivity index (χ0) is 18.9. The molecule has 0 saturated carbocycles. The lowest BCUT2D eigenvalue weighted by molar-refractivity contribution is -0.384. The topological polar surface area (TPSA) is 127 Å². The molecule has 2 aromatic rings. The normalized spacial score (nSPS) is 16.4. The minimum atomic E-state index is -3.91. The van der Waals surface area contributed by atoms with Crippen LogP contribution < -0.4 is 9.03 Å². The van der Waals surface area contributed by atoms with E-state index in [0.717, 1.165) is 24.3 Å². The number of nitro benzene ring substituents is 1. The zero-order valence-electron chi connectivity index (χ0n) is 13.4. The molecular weight excluding hydrogens is 382 g/mol. The first-order chi connectivity index (χ1) is 12.2. The van der Waals surface area contributed by atoms with Gasteiger partial charge in [-0.2, -0.15) is 0 Å². The van der Waals surface area contributed by atoms with Crippen LogP contribution in [0.5, 0.6) is 0 Å². The molecular formula is C15H15N3O6S2. The van der Waals surface area contributed by atoms with Crippen LogP contribution in [0.15, 0.2) is 53.4 Å². The molecule has 0 radical (unpaired) electrons. The number of benzene rings is 2. The van der Waals surface area contributed by atoms with Gasteiger partial charge in [0.15, 0.2) is 0 Å². The maximum absolute atomic E-state index is 12.3. The Kier molecular flexibility index (Phi) is 4.59. The third-order valence-corrected chi connectivity index (χ3v) is 7.13. The van der Waals surface area contributed by atoms with Crippen LogP contribution in [0.1, 0.15) is 6.42 Å². The molecule has 9 nitrogen and oxygen atoms in total. The first-order valence-electron chi connectivity index (χ1n) is 7.57. The maximum atomic E-state index is 12.3. The summed E-state index contributed by atoms with van der Waals surface area (Å²) in [6.45, 7) is 0.399. The van der Waals surface area contributed by atoms with Crippen molar-refractivity contribution in [1.29, 1.82) is 0 Å². The van der Waals surface area contributed by atoms with E-state index in [4.69, 9.17) is 0 Å². The van der Waals surface area contributed by atoms with Gasteiger partial charge in [-0.05, 0) is 42.8 Å². The van der Waals surface area contributed by atoms with Crippen LogP contribution in [-0.4, -0.2) is 34.1 Å². The molecule has 3 rings (SSSR count). The van der Waals surface area contributed by atoms with Crippen molar-refractivity contribution in [3.63, 3.8) is 0 Å². The van der Waals surface area contributed by atoms with Gasteiger partial charge in [-0.3, -0.25) is 19.1 Å². The second-order valence-corrected chi connectivity index (χ2v) is 9.34. The van der Waals surface area contributed by atoms with Crippen LogP contribution in [0.4, 0.5) is 17.1 Å². The Labute approximate surface area is 150 Å². The molecule has 0 spiro atoms. The van der Waals surface area contributed by atoms with E-state index in [0.29, 0.717) is 18.7 Å². The first kappa shape index (κ1) is 18.1. The molecule has 0 unspecified atom stereocenters. The molecule has 11 heteroatoms. The van der Waals surface area contributed by atoms with Crippen LogP contribution in [0.3, 0.4) is 0 Å². The van der Waals surface area contributed by atoms with E-state index in [9.17, 15) is 26.9 Å². The molecule has 2 aromatic carbocycles. The van der Waals surface area contributed by atoms with Crippen molar-refractivity contribution in [3.05, 3.63) is 58.6 Å². The molecule has 26 heavy (non-hydrogen) atoms. The number of sulfonamides is 2. The second kappa shape index (κ2) is 6.57. The van der Waals surface area contributed by atoms with E-state index in [1.807, 2.05) is 0 Å². The lowest BCUT2D eigenvalue weighted by Crippen LogP contribution is -2.25. The van der Waals surface area contributed by atoms with Crippen molar-refractivity contribution in [1.82, 2.24) is 0 Å². The van der Waals surface area contributed by atoms with Crippen molar-refractivity contribution in [2.45, 2.75) is 11.3 Å². The number of anilines is 2. The molecule has 1 aliphatic rings. The molecule has 0 atom stereocenters. The third kappa shape index (κ3) is 3.63. The predicted octanol–water partition coefficient (Wildman–Crippen LogP) is 1.94. The summed E-state index contributed by atoms with van der Waals surface area (Å²) in [5.41, 5.74) is 0.518. The average Bonchev–Trinajstić information content (AvgIpc) is 2.94. The number of non-ortho nitro benzene ring substituents is 1.